The van der Waals surface area contributed by atoms with Crippen molar-refractivity contribution in [3.8, 4) is 0 Å². The number of carboxylic acid groups (broad SMARTS) is 1. The average Bonchev–Trinajstić information content (AvgIpc) is 2.33. The molecule has 0 radical (unpaired) electrons. The van der Waals surface area contributed by atoms with Crippen molar-refractivity contribution in [3.63, 3.8) is 0 Å². The van der Waals surface area contributed by atoms with Crippen LogP contribution in [-0.4, -0.2) is 11.1 Å². The molecule has 1 fully saturated rings. The highest BCUT2D eigenvalue weighted by Crippen LogP contribution is 2.40. The molecule has 2 nitrogen and oxygen atoms in total. The smallest absolute Gasteiger partial charge is 0.314 e. The molecule has 1 aliphatic carbocycles. The van der Waals surface area contributed by atoms with Crippen LogP contribution in [0.2, 0.25) is 0 Å². The molecule has 0 amide bonds. The number of aliphatic carboxylic acids is 1. The zero-order valence-corrected chi connectivity index (χ0v) is 10.0. The number of hydrogen-bond donors (Lipinski definition) is 1. The number of hydrogen-bond acceptors (Lipinski definition) is 1. The van der Waals surface area contributed by atoms with Crippen LogP contribution in [0.3, 0.4) is 0 Å². The van der Waals surface area contributed by atoms with E-state index in [-0.39, 0.29) is 5.82 Å². The standard InChI is InChI=1S/C14H17FO2/c1-10-9-11(5-6-12(10)15)14(13(16)17)7-3-2-4-8-14/h5-6,9H,2-4,7-8H2,1H3,(H,16,17). The molecule has 0 atom stereocenters. The van der Waals surface area contributed by atoms with Crippen LogP contribution in [0.1, 0.15) is 43.2 Å². The number of carbonyl (C=O) groups is 1. The van der Waals surface area contributed by atoms with E-state index in [1.165, 1.54) is 6.07 Å². The summed E-state index contributed by atoms with van der Waals surface area (Å²) >= 11 is 0. The zero-order valence-electron chi connectivity index (χ0n) is 10.0. The number of carboxylic acids is 1. The molecule has 1 aromatic rings. The molecule has 0 unspecified atom stereocenters. The molecule has 2 rings (SSSR count). The summed E-state index contributed by atoms with van der Waals surface area (Å²) in [4.78, 5) is 11.6. The van der Waals surface area contributed by atoms with E-state index in [2.05, 4.69) is 0 Å². The number of halogens is 1. The second-order valence-electron chi connectivity index (χ2n) is 4.91. The predicted molar refractivity (Wildman–Crippen MR) is 63.5 cm³/mol. The fourth-order valence-corrected chi connectivity index (χ4v) is 2.72. The SMILES string of the molecule is Cc1cc(C2(C(=O)O)CCCCC2)ccc1F. The molecular weight excluding hydrogens is 219 g/mol. The highest BCUT2D eigenvalue weighted by atomic mass is 19.1. The fraction of sp³-hybridized carbons (Fsp3) is 0.500. The molecule has 0 saturated heterocycles. The van der Waals surface area contributed by atoms with Crippen LogP contribution in [0.15, 0.2) is 18.2 Å². The lowest BCUT2D eigenvalue weighted by atomic mass is 9.69. The van der Waals surface area contributed by atoms with Crippen molar-refractivity contribution >= 4 is 5.97 Å². The van der Waals surface area contributed by atoms with E-state index in [9.17, 15) is 14.3 Å². The van der Waals surface area contributed by atoms with Crippen molar-refractivity contribution in [1.29, 1.82) is 0 Å². The van der Waals surface area contributed by atoms with Crippen LogP contribution >= 0.6 is 0 Å². The molecule has 0 aromatic heterocycles. The topological polar surface area (TPSA) is 37.3 Å². The van der Waals surface area contributed by atoms with Crippen molar-refractivity contribution in [2.45, 2.75) is 44.4 Å². The van der Waals surface area contributed by atoms with Gasteiger partial charge in [0.2, 0.25) is 0 Å². The minimum absolute atomic E-state index is 0.273. The second-order valence-corrected chi connectivity index (χ2v) is 4.91. The Kier molecular flexibility index (Phi) is 3.18. The Morgan fingerprint density at radius 3 is 2.47 bits per heavy atom. The van der Waals surface area contributed by atoms with Gasteiger partial charge in [-0.2, -0.15) is 0 Å². The lowest BCUT2D eigenvalue weighted by molar-refractivity contribution is -0.145. The van der Waals surface area contributed by atoms with Crippen molar-refractivity contribution in [1.82, 2.24) is 0 Å². The van der Waals surface area contributed by atoms with Crippen LogP contribution in [0, 0.1) is 12.7 Å². The van der Waals surface area contributed by atoms with Crippen molar-refractivity contribution in [2.75, 3.05) is 0 Å². The van der Waals surface area contributed by atoms with E-state index in [1.54, 1.807) is 19.1 Å². The summed E-state index contributed by atoms with van der Waals surface area (Å²) in [6.07, 6.45) is 4.28. The van der Waals surface area contributed by atoms with Gasteiger partial charge >= 0.3 is 5.97 Å². The Bertz CT molecular complexity index is 434. The van der Waals surface area contributed by atoms with E-state index < -0.39 is 11.4 Å². The van der Waals surface area contributed by atoms with Crippen LogP contribution in [0.25, 0.3) is 0 Å². The van der Waals surface area contributed by atoms with Gasteiger partial charge in [-0.1, -0.05) is 31.4 Å². The third kappa shape index (κ3) is 2.06. The van der Waals surface area contributed by atoms with Gasteiger partial charge in [-0.05, 0) is 37.0 Å². The van der Waals surface area contributed by atoms with Crippen LogP contribution < -0.4 is 0 Å². The maximum atomic E-state index is 13.2. The Labute approximate surface area is 100 Å². The summed E-state index contributed by atoms with van der Waals surface area (Å²) in [7, 11) is 0. The maximum Gasteiger partial charge on any atom is 0.314 e. The van der Waals surface area contributed by atoms with Gasteiger partial charge in [0.05, 0.1) is 5.41 Å². The van der Waals surface area contributed by atoms with Crippen LogP contribution in [0.5, 0.6) is 0 Å². The summed E-state index contributed by atoms with van der Waals surface area (Å²) in [6.45, 7) is 1.68. The molecule has 1 aromatic carbocycles. The zero-order chi connectivity index (χ0) is 12.5. The number of benzene rings is 1. The van der Waals surface area contributed by atoms with Crippen LogP contribution in [-0.2, 0) is 10.2 Å². The maximum absolute atomic E-state index is 13.2. The van der Waals surface area contributed by atoms with Crippen molar-refractivity contribution in [2.24, 2.45) is 0 Å². The van der Waals surface area contributed by atoms with Gasteiger partial charge in [0.15, 0.2) is 0 Å². The van der Waals surface area contributed by atoms with Crippen LogP contribution in [0.4, 0.5) is 4.39 Å². The Hall–Kier alpha value is -1.38. The highest BCUT2D eigenvalue weighted by molar-refractivity contribution is 5.81. The summed E-state index contributed by atoms with van der Waals surface area (Å²) in [5.74, 6) is -1.05. The van der Waals surface area contributed by atoms with Crippen molar-refractivity contribution in [3.05, 3.63) is 35.1 Å². The van der Waals surface area contributed by atoms with Gasteiger partial charge < -0.3 is 5.11 Å². The molecule has 0 aliphatic heterocycles. The first-order chi connectivity index (χ1) is 8.06. The third-order valence-corrected chi connectivity index (χ3v) is 3.83. The molecule has 1 N–H and O–H groups in total. The normalized spacial score (nSPS) is 18.9. The molecule has 0 spiro atoms. The van der Waals surface area contributed by atoms with Gasteiger partial charge in [-0.25, -0.2) is 4.39 Å². The Morgan fingerprint density at radius 1 is 1.29 bits per heavy atom. The predicted octanol–water partition coefficient (Wildman–Crippen LogP) is 3.42. The van der Waals surface area contributed by atoms with Gasteiger partial charge in [0.1, 0.15) is 5.82 Å². The molecule has 17 heavy (non-hydrogen) atoms. The monoisotopic (exact) mass is 236 g/mol. The van der Waals surface area contributed by atoms with Gasteiger partial charge in [-0.15, -0.1) is 0 Å². The summed E-state index contributed by atoms with van der Waals surface area (Å²) < 4.78 is 13.2. The summed E-state index contributed by atoms with van der Waals surface area (Å²) in [5, 5.41) is 9.51. The first-order valence-electron chi connectivity index (χ1n) is 6.06. The third-order valence-electron chi connectivity index (χ3n) is 3.83. The molecule has 3 heteroatoms. The molecule has 92 valence electrons. The highest BCUT2D eigenvalue weighted by Gasteiger charge is 2.41. The first kappa shape index (κ1) is 12.1. The molecule has 0 bridgehead atoms. The Morgan fingerprint density at radius 2 is 1.94 bits per heavy atom. The number of aryl methyl sites for hydroxylation is 1. The van der Waals surface area contributed by atoms with E-state index in [0.29, 0.717) is 18.4 Å². The molecule has 1 aliphatic rings. The van der Waals surface area contributed by atoms with E-state index in [4.69, 9.17) is 0 Å². The van der Waals surface area contributed by atoms with Gasteiger partial charge in [0.25, 0.3) is 0 Å². The lowest BCUT2D eigenvalue weighted by Gasteiger charge is -2.33. The molecule has 0 heterocycles. The first-order valence-corrected chi connectivity index (χ1v) is 6.06. The molecule has 1 saturated carbocycles. The van der Waals surface area contributed by atoms with Gasteiger partial charge in [-0.3, -0.25) is 4.79 Å². The summed E-state index contributed by atoms with van der Waals surface area (Å²) in [5.41, 5.74) is 0.480. The van der Waals surface area contributed by atoms with Gasteiger partial charge in [0, 0.05) is 0 Å². The average molecular weight is 236 g/mol. The van der Waals surface area contributed by atoms with E-state index >= 15 is 0 Å². The summed E-state index contributed by atoms with van der Waals surface area (Å²) in [6, 6.07) is 4.69. The van der Waals surface area contributed by atoms with E-state index in [1.807, 2.05) is 0 Å². The largest absolute Gasteiger partial charge is 0.481 e. The van der Waals surface area contributed by atoms with E-state index in [0.717, 1.165) is 24.8 Å². The fourth-order valence-electron chi connectivity index (χ4n) is 2.72. The second kappa shape index (κ2) is 4.47. The minimum atomic E-state index is -0.795. The lowest BCUT2D eigenvalue weighted by Crippen LogP contribution is -2.37. The minimum Gasteiger partial charge on any atom is -0.481 e. The van der Waals surface area contributed by atoms with Crippen molar-refractivity contribution < 1.29 is 14.3 Å². The molecular formula is C14H17FO2. The Balaban J connectivity index is 2.45. The quantitative estimate of drug-likeness (QED) is 0.854. The number of rotatable bonds is 2.